The molecule has 1 unspecified atom stereocenters. The minimum atomic E-state index is -0.292. The highest BCUT2D eigenvalue weighted by Crippen LogP contribution is 2.34. The van der Waals surface area contributed by atoms with Crippen molar-refractivity contribution in [3.63, 3.8) is 0 Å². The number of nitrogens with zero attached hydrogens (tertiary/aromatic N) is 3. The molecule has 0 saturated heterocycles. The fourth-order valence-electron chi connectivity index (χ4n) is 1.29. The second-order valence-electron chi connectivity index (χ2n) is 3.41. The van der Waals surface area contributed by atoms with E-state index in [1.807, 2.05) is 18.2 Å². The summed E-state index contributed by atoms with van der Waals surface area (Å²) in [6.45, 7) is 1.79. The number of methoxy groups -OCH3 is 1. The predicted octanol–water partition coefficient (Wildman–Crippen LogP) is 2.25. The molecule has 2 aromatic heterocycles. The van der Waals surface area contributed by atoms with Crippen molar-refractivity contribution in [3.05, 3.63) is 24.4 Å². The first-order valence-corrected chi connectivity index (χ1v) is 6.86. The summed E-state index contributed by atoms with van der Waals surface area (Å²) in [5.74, 6) is -0.264. The van der Waals surface area contributed by atoms with Gasteiger partial charge in [-0.25, -0.2) is 0 Å². The molecule has 0 aliphatic carbocycles. The zero-order chi connectivity index (χ0) is 13.0. The van der Waals surface area contributed by atoms with Crippen LogP contribution in [0.2, 0.25) is 0 Å². The van der Waals surface area contributed by atoms with Crippen LogP contribution in [0, 0.1) is 0 Å². The van der Waals surface area contributed by atoms with Gasteiger partial charge in [0, 0.05) is 6.20 Å². The van der Waals surface area contributed by atoms with Crippen LogP contribution >= 0.6 is 23.3 Å². The van der Waals surface area contributed by atoms with Gasteiger partial charge in [-0.2, -0.15) is 0 Å². The molecule has 7 heteroatoms. The van der Waals surface area contributed by atoms with E-state index in [1.54, 1.807) is 13.1 Å². The molecule has 0 aliphatic rings. The van der Waals surface area contributed by atoms with Gasteiger partial charge in [0.05, 0.1) is 12.8 Å². The van der Waals surface area contributed by atoms with Gasteiger partial charge in [0.1, 0.15) is 15.2 Å². The third-order valence-electron chi connectivity index (χ3n) is 2.18. The normalized spacial score (nSPS) is 12.1. The molecule has 0 fully saturated rings. The first-order valence-electron chi connectivity index (χ1n) is 5.20. The van der Waals surface area contributed by atoms with Crippen LogP contribution < -0.4 is 0 Å². The zero-order valence-electron chi connectivity index (χ0n) is 9.86. The lowest BCUT2D eigenvalue weighted by atomic mass is 10.3. The van der Waals surface area contributed by atoms with Gasteiger partial charge < -0.3 is 4.74 Å². The highest BCUT2D eigenvalue weighted by atomic mass is 32.2. The Bertz CT molecular complexity index is 530. The van der Waals surface area contributed by atoms with E-state index in [0.29, 0.717) is 5.69 Å². The topological polar surface area (TPSA) is 65.0 Å². The number of ether oxygens (including phenoxy) is 1. The lowest BCUT2D eigenvalue weighted by Gasteiger charge is -2.07. The number of hydrogen-bond donors (Lipinski definition) is 0. The molecule has 2 rings (SSSR count). The SMILES string of the molecule is COC(=O)C(C)Sc1snnc1-c1ccccn1. The van der Waals surface area contributed by atoms with E-state index in [0.717, 1.165) is 9.90 Å². The van der Waals surface area contributed by atoms with E-state index in [2.05, 4.69) is 14.6 Å². The monoisotopic (exact) mass is 281 g/mol. The molecular formula is C11H11N3O2S2. The van der Waals surface area contributed by atoms with Crippen molar-refractivity contribution in [2.45, 2.75) is 16.4 Å². The minimum Gasteiger partial charge on any atom is -0.468 e. The second kappa shape index (κ2) is 5.92. The fraction of sp³-hybridized carbons (Fsp3) is 0.273. The van der Waals surface area contributed by atoms with Crippen LogP contribution in [0.1, 0.15) is 6.92 Å². The number of esters is 1. The minimum absolute atomic E-state index is 0.264. The Balaban J connectivity index is 2.21. The van der Waals surface area contributed by atoms with Crippen LogP contribution in [0.25, 0.3) is 11.4 Å². The molecule has 0 saturated carbocycles. The highest BCUT2D eigenvalue weighted by Gasteiger charge is 2.20. The van der Waals surface area contributed by atoms with E-state index in [9.17, 15) is 4.79 Å². The first kappa shape index (κ1) is 13.0. The number of pyridine rings is 1. The Morgan fingerprint density at radius 3 is 3.00 bits per heavy atom. The van der Waals surface area contributed by atoms with Crippen molar-refractivity contribution < 1.29 is 9.53 Å². The molecule has 0 spiro atoms. The average molecular weight is 281 g/mol. The maximum Gasteiger partial charge on any atom is 0.318 e. The van der Waals surface area contributed by atoms with Gasteiger partial charge in [0.15, 0.2) is 0 Å². The summed E-state index contributed by atoms with van der Waals surface area (Å²) >= 11 is 2.64. The van der Waals surface area contributed by atoms with Gasteiger partial charge in [-0.05, 0) is 30.6 Å². The van der Waals surface area contributed by atoms with Crippen molar-refractivity contribution in [2.75, 3.05) is 7.11 Å². The molecule has 2 aromatic rings. The molecule has 0 bridgehead atoms. The van der Waals surface area contributed by atoms with Crippen LogP contribution in [0.4, 0.5) is 0 Å². The molecule has 1 atom stereocenters. The number of carbonyl (C=O) groups excluding carboxylic acids is 1. The van der Waals surface area contributed by atoms with E-state index in [4.69, 9.17) is 4.74 Å². The van der Waals surface area contributed by atoms with Gasteiger partial charge in [0.25, 0.3) is 0 Å². The van der Waals surface area contributed by atoms with E-state index in [1.165, 1.54) is 30.4 Å². The summed E-state index contributed by atoms with van der Waals surface area (Å²) in [6.07, 6.45) is 1.70. The van der Waals surface area contributed by atoms with Gasteiger partial charge in [0.2, 0.25) is 0 Å². The number of aromatic nitrogens is 3. The number of hydrogen-bond acceptors (Lipinski definition) is 7. The lowest BCUT2D eigenvalue weighted by molar-refractivity contribution is -0.139. The first-order chi connectivity index (χ1) is 8.72. The van der Waals surface area contributed by atoms with E-state index in [-0.39, 0.29) is 11.2 Å². The van der Waals surface area contributed by atoms with Gasteiger partial charge >= 0.3 is 5.97 Å². The Kier molecular flexibility index (Phi) is 4.27. The zero-order valence-corrected chi connectivity index (χ0v) is 11.5. The molecule has 5 nitrogen and oxygen atoms in total. The predicted molar refractivity (Wildman–Crippen MR) is 70.5 cm³/mol. The van der Waals surface area contributed by atoms with Crippen LogP contribution in [0.5, 0.6) is 0 Å². The van der Waals surface area contributed by atoms with Gasteiger partial charge in [-0.15, -0.1) is 5.10 Å². The molecule has 0 aromatic carbocycles. The summed E-state index contributed by atoms with van der Waals surface area (Å²) in [5.41, 5.74) is 1.46. The lowest BCUT2D eigenvalue weighted by Crippen LogP contribution is -2.14. The summed E-state index contributed by atoms with van der Waals surface area (Å²) in [7, 11) is 1.38. The van der Waals surface area contributed by atoms with Crippen LogP contribution in [-0.2, 0) is 9.53 Å². The number of rotatable bonds is 4. The van der Waals surface area contributed by atoms with Crippen molar-refractivity contribution in [1.29, 1.82) is 0 Å². The third-order valence-corrected chi connectivity index (χ3v) is 4.17. The summed E-state index contributed by atoms with van der Waals surface area (Å²) < 4.78 is 9.48. The molecule has 0 aliphatic heterocycles. The smallest absolute Gasteiger partial charge is 0.318 e. The van der Waals surface area contributed by atoms with Crippen molar-refractivity contribution >= 4 is 29.3 Å². The third kappa shape index (κ3) is 2.85. The molecule has 18 heavy (non-hydrogen) atoms. The summed E-state index contributed by atoms with van der Waals surface area (Å²) in [5, 5.41) is 3.77. The molecule has 0 amide bonds. The Morgan fingerprint density at radius 2 is 2.33 bits per heavy atom. The van der Waals surface area contributed by atoms with Crippen molar-refractivity contribution in [3.8, 4) is 11.4 Å². The molecule has 2 heterocycles. The van der Waals surface area contributed by atoms with Crippen molar-refractivity contribution in [2.24, 2.45) is 0 Å². The maximum absolute atomic E-state index is 11.4. The van der Waals surface area contributed by atoms with Gasteiger partial charge in [-0.1, -0.05) is 22.3 Å². The Morgan fingerprint density at radius 1 is 1.50 bits per heavy atom. The van der Waals surface area contributed by atoms with Crippen molar-refractivity contribution in [1.82, 2.24) is 14.6 Å². The van der Waals surface area contributed by atoms with E-state index >= 15 is 0 Å². The highest BCUT2D eigenvalue weighted by molar-refractivity contribution is 8.02. The molecule has 0 radical (unpaired) electrons. The summed E-state index contributed by atoms with van der Waals surface area (Å²) in [6, 6.07) is 5.59. The van der Waals surface area contributed by atoms with Crippen LogP contribution in [-0.4, -0.2) is 32.9 Å². The van der Waals surface area contributed by atoms with Crippen LogP contribution in [0.15, 0.2) is 28.6 Å². The van der Waals surface area contributed by atoms with Crippen LogP contribution in [0.3, 0.4) is 0 Å². The molecule has 0 N–H and O–H groups in total. The summed E-state index contributed by atoms with van der Waals surface area (Å²) in [4.78, 5) is 15.6. The Hall–Kier alpha value is -1.47. The standard InChI is InChI=1S/C11H11N3O2S2/c1-7(10(15)16-2)17-11-9(13-14-18-11)8-5-3-4-6-12-8/h3-7H,1-2H3. The maximum atomic E-state index is 11.4. The quantitative estimate of drug-likeness (QED) is 0.632. The number of carbonyl (C=O) groups is 1. The fourth-order valence-corrected chi connectivity index (χ4v) is 3.20. The second-order valence-corrected chi connectivity index (χ2v) is 5.77. The van der Waals surface area contributed by atoms with E-state index < -0.39 is 0 Å². The van der Waals surface area contributed by atoms with Gasteiger partial charge in [-0.3, -0.25) is 9.78 Å². The Labute approximate surface area is 113 Å². The largest absolute Gasteiger partial charge is 0.468 e. The molecule has 94 valence electrons. The molecular weight excluding hydrogens is 270 g/mol. The number of thioether (sulfide) groups is 1. The average Bonchev–Trinajstić information content (AvgIpc) is 2.86.